The van der Waals surface area contributed by atoms with Crippen molar-refractivity contribution in [3.63, 3.8) is 0 Å². The van der Waals surface area contributed by atoms with E-state index in [-0.39, 0.29) is 35.5 Å². The van der Waals surface area contributed by atoms with Crippen LogP contribution >= 0.6 is 0 Å². The number of esters is 1. The van der Waals surface area contributed by atoms with Crippen molar-refractivity contribution >= 4 is 23.5 Å². The maximum atomic E-state index is 12.6. The Labute approximate surface area is 206 Å². The molecular weight excluding hydrogens is 451 g/mol. The third-order valence-corrected chi connectivity index (χ3v) is 5.45. The van der Waals surface area contributed by atoms with Crippen molar-refractivity contribution in [1.82, 2.24) is 0 Å². The number of nitrogens with two attached hydrogens (primary N) is 1. The van der Waals surface area contributed by atoms with Gasteiger partial charge in [-0.25, -0.2) is 4.79 Å². The molecule has 190 valence electrons. The summed E-state index contributed by atoms with van der Waals surface area (Å²) in [6.45, 7) is 7.41. The van der Waals surface area contributed by atoms with E-state index in [0.29, 0.717) is 38.0 Å². The Morgan fingerprint density at radius 3 is 2.74 bits per heavy atom. The fourth-order valence-electron chi connectivity index (χ4n) is 3.71. The second-order valence-electron chi connectivity index (χ2n) is 7.99. The van der Waals surface area contributed by atoms with Crippen LogP contribution < -0.4 is 10.5 Å². The van der Waals surface area contributed by atoms with Crippen molar-refractivity contribution in [3.8, 4) is 5.75 Å². The van der Waals surface area contributed by atoms with Crippen LogP contribution in [0.2, 0.25) is 0 Å². The van der Waals surface area contributed by atoms with Crippen molar-refractivity contribution < 1.29 is 28.9 Å². The lowest BCUT2D eigenvalue weighted by atomic mass is 9.89. The van der Waals surface area contributed by atoms with Crippen molar-refractivity contribution in [3.05, 3.63) is 73.5 Å². The fraction of sp³-hybridized carbons (Fsp3) is 0.370. The summed E-state index contributed by atoms with van der Waals surface area (Å²) < 4.78 is 11.0. The number of allylic oxidation sites excluding steroid dienone is 4. The van der Waals surface area contributed by atoms with Crippen molar-refractivity contribution in [2.75, 3.05) is 13.2 Å². The predicted octanol–water partition coefficient (Wildman–Crippen LogP) is 3.94. The number of hydrogen-bond donors (Lipinski definition) is 2. The quantitative estimate of drug-likeness (QED) is 0.234. The van der Waals surface area contributed by atoms with Crippen LogP contribution in [0.5, 0.6) is 5.75 Å². The Bertz CT molecular complexity index is 941. The third-order valence-electron chi connectivity index (χ3n) is 5.45. The van der Waals surface area contributed by atoms with Gasteiger partial charge in [-0.15, -0.1) is 6.58 Å². The van der Waals surface area contributed by atoms with Gasteiger partial charge in [0.1, 0.15) is 17.6 Å². The number of halogens is 1. The normalized spacial score (nSPS) is 18.7. The van der Waals surface area contributed by atoms with Crippen LogP contribution in [0.3, 0.4) is 0 Å². The molecule has 0 saturated heterocycles. The fourth-order valence-corrected chi connectivity index (χ4v) is 3.71. The molecule has 3 unspecified atom stereocenters. The van der Waals surface area contributed by atoms with Crippen molar-refractivity contribution in [1.29, 1.82) is 0 Å². The van der Waals surface area contributed by atoms with Crippen LogP contribution in [-0.2, 0) is 14.3 Å². The molecule has 0 amide bonds. The first kappa shape index (κ1) is 29.7. The topological polar surface area (TPSA) is 111 Å². The molecule has 1 aliphatic rings. The number of ether oxygens (including phenoxy) is 2. The molecule has 1 saturated carbocycles. The van der Waals surface area contributed by atoms with E-state index in [1.165, 1.54) is 6.20 Å². The van der Waals surface area contributed by atoms with E-state index < -0.39 is 12.1 Å². The van der Waals surface area contributed by atoms with E-state index in [1.54, 1.807) is 30.5 Å². The van der Waals surface area contributed by atoms with Gasteiger partial charge >= 0.3 is 5.97 Å². The number of nitrogens with zero attached hydrogens (tertiary/aromatic N) is 1. The number of Topliss-reactive ketones (excluding diaryl/α,β-unsaturated/α-hetero) is 1. The average molecular weight is 487 g/mol. The molecule has 3 atom stereocenters. The van der Waals surface area contributed by atoms with Gasteiger partial charge in [-0.2, -0.15) is 0 Å². The molecule has 1 aromatic rings. The number of benzene rings is 1. The van der Waals surface area contributed by atoms with E-state index in [2.05, 4.69) is 18.2 Å². The van der Waals surface area contributed by atoms with Crippen LogP contribution in [0, 0.1) is 5.92 Å². The first-order chi connectivity index (χ1) is 16.5. The smallest absolute Gasteiger partial charge is 0.344 e. The van der Waals surface area contributed by atoms with E-state index in [9.17, 15) is 14.7 Å². The molecule has 0 heterocycles. The maximum Gasteiger partial charge on any atom is 0.344 e. The van der Waals surface area contributed by atoms with Gasteiger partial charge in [0, 0.05) is 37.7 Å². The highest BCUT2D eigenvalue weighted by Gasteiger charge is 2.26. The Morgan fingerprint density at radius 1 is 1.29 bits per heavy atom. The predicted molar refractivity (Wildman–Crippen MR) is 137 cm³/mol. The minimum atomic E-state index is -0.467. The van der Waals surface area contributed by atoms with Gasteiger partial charge in [0.2, 0.25) is 0 Å². The average Bonchev–Trinajstić information content (AvgIpc) is 3.24. The van der Waals surface area contributed by atoms with Crippen molar-refractivity contribution in [2.45, 2.75) is 44.3 Å². The summed E-state index contributed by atoms with van der Waals surface area (Å²) in [7, 11) is 0. The second kappa shape index (κ2) is 16.3. The van der Waals surface area contributed by atoms with Gasteiger partial charge in [0.15, 0.2) is 6.61 Å². The summed E-state index contributed by atoms with van der Waals surface area (Å²) in [4.78, 5) is 28.6. The highest BCUT2D eigenvalue weighted by atomic mass is 19.0. The zero-order chi connectivity index (χ0) is 24.8. The molecule has 0 spiro atoms. The van der Waals surface area contributed by atoms with Gasteiger partial charge in [0.25, 0.3) is 0 Å². The SMILES string of the molecule is C=CN=C/C=C/CC(=O)C(C=C)C/C(=C/CN)c1cccc(OCC(=O)OC2CCC(O)C2)c1.F. The molecule has 0 aliphatic heterocycles. The highest BCUT2D eigenvalue weighted by molar-refractivity contribution is 5.87. The lowest BCUT2D eigenvalue weighted by molar-refractivity contribution is -0.151. The zero-order valence-electron chi connectivity index (χ0n) is 19.9. The van der Waals surface area contributed by atoms with Crippen LogP contribution in [0.1, 0.15) is 37.7 Å². The summed E-state index contributed by atoms with van der Waals surface area (Å²) in [6.07, 6.45) is 11.8. The summed E-state index contributed by atoms with van der Waals surface area (Å²) >= 11 is 0. The molecule has 8 heteroatoms. The molecule has 3 N–H and O–H groups in total. The van der Waals surface area contributed by atoms with Gasteiger partial charge in [-0.1, -0.05) is 36.9 Å². The van der Waals surface area contributed by atoms with E-state index in [1.807, 2.05) is 24.3 Å². The largest absolute Gasteiger partial charge is 0.482 e. The lowest BCUT2D eigenvalue weighted by Crippen LogP contribution is -2.21. The Hall–Kier alpha value is -3.36. The first-order valence-electron chi connectivity index (χ1n) is 11.4. The number of ketones is 1. The molecule has 2 rings (SSSR count). The van der Waals surface area contributed by atoms with Gasteiger partial charge in [-0.05, 0) is 48.6 Å². The molecule has 1 aromatic carbocycles. The molecule has 0 bridgehead atoms. The number of carbonyl (C=O) groups excluding carboxylic acids is 2. The minimum absolute atomic E-state index is 0. The Balaban J connectivity index is 0.00000612. The Kier molecular flexibility index (Phi) is 13.8. The van der Waals surface area contributed by atoms with Crippen LogP contribution in [0.4, 0.5) is 4.70 Å². The monoisotopic (exact) mass is 486 g/mol. The van der Waals surface area contributed by atoms with E-state index in [0.717, 1.165) is 11.1 Å². The summed E-state index contributed by atoms with van der Waals surface area (Å²) in [5.74, 6) is -0.297. The number of hydrogen-bond acceptors (Lipinski definition) is 7. The summed E-state index contributed by atoms with van der Waals surface area (Å²) in [5, 5.41) is 9.56. The maximum absolute atomic E-state index is 12.6. The van der Waals surface area contributed by atoms with E-state index in [4.69, 9.17) is 15.2 Å². The third kappa shape index (κ3) is 10.6. The molecule has 7 nitrogen and oxygen atoms in total. The molecule has 1 aliphatic carbocycles. The van der Waals surface area contributed by atoms with Gasteiger partial charge in [0.05, 0.1) is 6.10 Å². The molecule has 0 radical (unpaired) electrons. The number of aliphatic hydroxyl groups is 1. The van der Waals surface area contributed by atoms with Crippen molar-refractivity contribution in [2.24, 2.45) is 16.6 Å². The molecule has 0 aromatic heterocycles. The summed E-state index contributed by atoms with van der Waals surface area (Å²) in [6, 6.07) is 7.29. The van der Waals surface area contributed by atoms with E-state index >= 15 is 0 Å². The van der Waals surface area contributed by atoms with Gasteiger partial charge in [-0.3, -0.25) is 14.5 Å². The number of aliphatic imine (C=N–C) groups is 1. The highest BCUT2D eigenvalue weighted by Crippen LogP contribution is 2.27. The van der Waals surface area contributed by atoms with Crippen LogP contribution in [0.25, 0.3) is 5.57 Å². The number of rotatable bonds is 14. The molecular formula is C27H35FN2O5. The minimum Gasteiger partial charge on any atom is -0.482 e. The molecule has 35 heavy (non-hydrogen) atoms. The lowest BCUT2D eigenvalue weighted by Gasteiger charge is -2.16. The summed E-state index contributed by atoms with van der Waals surface area (Å²) in [5.41, 5.74) is 7.52. The number of carbonyl (C=O) groups is 2. The first-order valence-corrected chi connectivity index (χ1v) is 11.4. The molecule has 1 fully saturated rings. The van der Waals surface area contributed by atoms with Crippen LogP contribution in [-0.4, -0.2) is 48.4 Å². The standard InChI is InChI=1S/C27H34N2O5.FH/c1-3-20(26(31)10-5-6-15-29-4-2)16-22(13-14-28)21-8-7-9-24(17-21)33-19-27(32)34-25-12-11-23(30)18-25;/h3-9,13,15,17,20,23,25,30H,1-2,10-12,14,16,18-19,28H2;1H/b6-5+,22-13-,29-15?;. The zero-order valence-corrected chi connectivity index (χ0v) is 19.9. The second-order valence-corrected chi connectivity index (χ2v) is 7.99. The number of aliphatic hydroxyl groups excluding tert-OH is 1. The van der Waals surface area contributed by atoms with Crippen LogP contribution in [0.15, 0.2) is 72.9 Å². The Morgan fingerprint density at radius 2 is 2.09 bits per heavy atom. The van der Waals surface area contributed by atoms with Gasteiger partial charge < -0.3 is 20.3 Å².